The third-order valence-electron chi connectivity index (χ3n) is 2.74. The van der Waals surface area contributed by atoms with E-state index in [0.717, 1.165) is 0 Å². The van der Waals surface area contributed by atoms with Crippen molar-refractivity contribution in [3.8, 4) is 11.5 Å². The second kappa shape index (κ2) is 6.14. The monoisotopic (exact) mass is 252 g/mol. The fourth-order valence-electron chi connectivity index (χ4n) is 1.31. The highest BCUT2D eigenvalue weighted by Gasteiger charge is 2.13. The number of carbonyl (C=O) groups is 1. The van der Waals surface area contributed by atoms with Gasteiger partial charge in [-0.3, -0.25) is 4.79 Å². The Labute approximate surface area is 107 Å². The molecular formula is C13H20N2O3. The fraction of sp³-hybridized carbons (Fsp3) is 0.462. The van der Waals surface area contributed by atoms with Crippen LogP contribution in [0.5, 0.6) is 11.5 Å². The molecule has 0 aliphatic heterocycles. The predicted molar refractivity (Wildman–Crippen MR) is 70.8 cm³/mol. The zero-order chi connectivity index (χ0) is 13.7. The molecule has 0 aliphatic carbocycles. The summed E-state index contributed by atoms with van der Waals surface area (Å²) in [7, 11) is 3.31. The number of hydrogen-bond acceptors (Lipinski definition) is 4. The van der Waals surface area contributed by atoms with Crippen LogP contribution in [-0.2, 0) is 4.79 Å². The number of rotatable bonds is 5. The van der Waals surface area contributed by atoms with Gasteiger partial charge in [-0.05, 0) is 26.0 Å². The Balaban J connectivity index is 2.61. The zero-order valence-electron chi connectivity index (χ0n) is 11.3. The van der Waals surface area contributed by atoms with E-state index in [1.54, 1.807) is 37.3 Å². The van der Waals surface area contributed by atoms with Crippen LogP contribution >= 0.6 is 0 Å². The number of hydrogen-bond donors (Lipinski definition) is 1. The number of nitrogens with zero attached hydrogens (tertiary/aromatic N) is 1. The molecule has 0 aromatic heterocycles. The number of nitrogens with two attached hydrogens (primary N) is 1. The molecule has 0 unspecified atom stereocenters. The summed E-state index contributed by atoms with van der Waals surface area (Å²) in [5.41, 5.74) is 6.24. The maximum absolute atomic E-state index is 11.7. The van der Waals surface area contributed by atoms with Crippen LogP contribution < -0.4 is 15.2 Å². The van der Waals surface area contributed by atoms with Crippen LogP contribution in [0.2, 0.25) is 0 Å². The molecule has 1 rings (SSSR count). The van der Waals surface area contributed by atoms with Gasteiger partial charge in [0.2, 0.25) is 0 Å². The molecule has 5 nitrogen and oxygen atoms in total. The summed E-state index contributed by atoms with van der Waals surface area (Å²) in [4.78, 5) is 13.4. The number of amides is 1. The lowest BCUT2D eigenvalue weighted by atomic mass is 10.3. The van der Waals surface area contributed by atoms with E-state index in [2.05, 4.69) is 0 Å². The van der Waals surface area contributed by atoms with Crippen LogP contribution in [0, 0.1) is 0 Å². The zero-order valence-corrected chi connectivity index (χ0v) is 11.3. The minimum atomic E-state index is -0.0831. The van der Waals surface area contributed by atoms with Crippen LogP contribution in [0.4, 0.5) is 5.69 Å². The smallest absolute Gasteiger partial charge is 0.260 e. The highest BCUT2D eigenvalue weighted by Crippen LogP contribution is 2.26. The van der Waals surface area contributed by atoms with Crippen LogP contribution in [0.15, 0.2) is 18.2 Å². The van der Waals surface area contributed by atoms with Gasteiger partial charge in [0.1, 0.15) is 11.5 Å². The van der Waals surface area contributed by atoms with E-state index < -0.39 is 0 Å². The summed E-state index contributed by atoms with van der Waals surface area (Å²) in [5, 5.41) is 0. The molecule has 0 bridgehead atoms. The minimum Gasteiger partial charge on any atom is -0.497 e. The highest BCUT2D eigenvalue weighted by atomic mass is 16.5. The molecule has 0 fully saturated rings. The van der Waals surface area contributed by atoms with Gasteiger partial charge in [-0.25, -0.2) is 0 Å². The Hall–Kier alpha value is -1.91. The molecule has 5 heteroatoms. The molecule has 0 atom stereocenters. The van der Waals surface area contributed by atoms with E-state index in [4.69, 9.17) is 15.2 Å². The van der Waals surface area contributed by atoms with Crippen molar-refractivity contribution in [3.05, 3.63) is 18.2 Å². The quantitative estimate of drug-likeness (QED) is 0.807. The average molecular weight is 252 g/mol. The number of ether oxygens (including phenoxy) is 2. The van der Waals surface area contributed by atoms with Gasteiger partial charge in [-0.2, -0.15) is 0 Å². The molecule has 1 amide bonds. The van der Waals surface area contributed by atoms with Crippen molar-refractivity contribution in [3.63, 3.8) is 0 Å². The Bertz CT molecular complexity index is 419. The average Bonchev–Trinajstić information content (AvgIpc) is 2.35. The fourth-order valence-corrected chi connectivity index (χ4v) is 1.31. The van der Waals surface area contributed by atoms with Gasteiger partial charge in [0, 0.05) is 19.2 Å². The molecular weight excluding hydrogens is 232 g/mol. The lowest BCUT2D eigenvalue weighted by molar-refractivity contribution is -0.133. The summed E-state index contributed by atoms with van der Waals surface area (Å²) in [6.45, 7) is 3.87. The van der Waals surface area contributed by atoms with Gasteiger partial charge < -0.3 is 20.1 Å². The Morgan fingerprint density at radius 2 is 2.11 bits per heavy atom. The van der Waals surface area contributed by atoms with Crippen LogP contribution in [0.3, 0.4) is 0 Å². The van der Waals surface area contributed by atoms with Crippen molar-refractivity contribution in [2.75, 3.05) is 26.5 Å². The molecule has 0 saturated heterocycles. The van der Waals surface area contributed by atoms with Crippen LogP contribution in [0.25, 0.3) is 0 Å². The second-order valence-electron chi connectivity index (χ2n) is 4.29. The van der Waals surface area contributed by atoms with Crippen molar-refractivity contribution in [1.29, 1.82) is 0 Å². The van der Waals surface area contributed by atoms with Crippen molar-refractivity contribution < 1.29 is 14.3 Å². The molecule has 0 spiro atoms. The molecule has 0 heterocycles. The Morgan fingerprint density at radius 3 is 2.61 bits per heavy atom. The van der Waals surface area contributed by atoms with E-state index in [1.807, 2.05) is 13.8 Å². The molecule has 0 aliphatic rings. The SMILES string of the molecule is COc1ccc(OCC(=O)N(C)C(C)C)c(N)c1. The first kappa shape index (κ1) is 14.2. The number of benzene rings is 1. The van der Waals surface area contributed by atoms with Crippen LogP contribution in [-0.4, -0.2) is 37.6 Å². The van der Waals surface area contributed by atoms with Crippen molar-refractivity contribution in [2.24, 2.45) is 0 Å². The maximum atomic E-state index is 11.7. The van der Waals surface area contributed by atoms with E-state index in [9.17, 15) is 4.79 Å². The number of nitrogen functional groups attached to an aromatic ring is 1. The van der Waals surface area contributed by atoms with Gasteiger partial charge in [-0.15, -0.1) is 0 Å². The lowest BCUT2D eigenvalue weighted by Crippen LogP contribution is -2.36. The van der Waals surface area contributed by atoms with E-state index >= 15 is 0 Å². The summed E-state index contributed by atoms with van der Waals surface area (Å²) in [5.74, 6) is 1.06. The first-order chi connectivity index (χ1) is 8.45. The van der Waals surface area contributed by atoms with Crippen LogP contribution in [0.1, 0.15) is 13.8 Å². The molecule has 18 heavy (non-hydrogen) atoms. The highest BCUT2D eigenvalue weighted by molar-refractivity contribution is 5.78. The summed E-state index contributed by atoms with van der Waals surface area (Å²) in [6.07, 6.45) is 0. The number of carbonyl (C=O) groups excluding carboxylic acids is 1. The summed E-state index contributed by atoms with van der Waals surface area (Å²) >= 11 is 0. The van der Waals surface area contributed by atoms with Crippen molar-refractivity contribution in [2.45, 2.75) is 19.9 Å². The van der Waals surface area contributed by atoms with Gasteiger partial charge in [-0.1, -0.05) is 0 Å². The summed E-state index contributed by atoms with van der Waals surface area (Å²) < 4.78 is 10.4. The minimum absolute atomic E-state index is 0.0226. The first-order valence-electron chi connectivity index (χ1n) is 5.77. The Kier molecular flexibility index (Phi) is 4.83. The molecule has 0 saturated carbocycles. The molecule has 2 N–H and O–H groups in total. The number of methoxy groups -OCH3 is 1. The largest absolute Gasteiger partial charge is 0.497 e. The normalized spacial score (nSPS) is 10.3. The molecule has 1 aromatic carbocycles. The number of likely N-dealkylation sites (N-methyl/N-ethyl adjacent to an activating group) is 1. The molecule has 1 aromatic rings. The maximum Gasteiger partial charge on any atom is 0.260 e. The van der Waals surface area contributed by atoms with Crippen molar-refractivity contribution >= 4 is 11.6 Å². The van der Waals surface area contributed by atoms with E-state index in [0.29, 0.717) is 17.2 Å². The summed E-state index contributed by atoms with van der Waals surface area (Å²) in [6, 6.07) is 5.24. The van der Waals surface area contributed by atoms with Gasteiger partial charge in [0.05, 0.1) is 12.8 Å². The van der Waals surface area contributed by atoms with E-state index in [1.165, 1.54) is 0 Å². The third kappa shape index (κ3) is 3.55. The second-order valence-corrected chi connectivity index (χ2v) is 4.29. The molecule has 0 radical (unpaired) electrons. The van der Waals surface area contributed by atoms with E-state index in [-0.39, 0.29) is 18.6 Å². The van der Waals surface area contributed by atoms with Crippen molar-refractivity contribution in [1.82, 2.24) is 4.90 Å². The molecule has 100 valence electrons. The number of anilines is 1. The Morgan fingerprint density at radius 1 is 1.44 bits per heavy atom. The predicted octanol–water partition coefficient (Wildman–Crippen LogP) is 1.52. The van der Waals surface area contributed by atoms with Gasteiger partial charge >= 0.3 is 0 Å². The standard InChI is InChI=1S/C13H20N2O3/c1-9(2)15(3)13(16)8-18-12-6-5-10(17-4)7-11(12)14/h5-7,9H,8,14H2,1-4H3. The van der Waals surface area contributed by atoms with Gasteiger partial charge in [0.15, 0.2) is 6.61 Å². The third-order valence-corrected chi connectivity index (χ3v) is 2.74. The van der Waals surface area contributed by atoms with Gasteiger partial charge in [0.25, 0.3) is 5.91 Å². The lowest BCUT2D eigenvalue weighted by Gasteiger charge is -2.21. The topological polar surface area (TPSA) is 64.8 Å². The first-order valence-corrected chi connectivity index (χ1v) is 5.77.